The molecule has 10 heteroatoms. The van der Waals surface area contributed by atoms with Crippen molar-refractivity contribution >= 4 is 17.6 Å². The molecule has 1 aliphatic carbocycles. The van der Waals surface area contributed by atoms with Crippen molar-refractivity contribution in [2.75, 3.05) is 20.3 Å². The normalized spacial score (nSPS) is 21.4. The number of Topliss-reactive ketones (excluding diaryl/α,β-unsaturated/α-hetero) is 1. The molecule has 2 aliphatic rings. The molecular formula is C28H32N2O8. The molecule has 10 nitrogen and oxygen atoms in total. The van der Waals surface area contributed by atoms with Crippen molar-refractivity contribution in [2.45, 2.75) is 50.7 Å². The Morgan fingerprint density at radius 3 is 2.47 bits per heavy atom. The number of carbonyl (C=O) groups is 3. The summed E-state index contributed by atoms with van der Waals surface area (Å²) in [7, 11) is 1.45. The molecule has 0 radical (unpaired) electrons. The number of benzene rings is 2. The minimum absolute atomic E-state index is 0.00449. The quantitative estimate of drug-likeness (QED) is 0.334. The molecular weight excluding hydrogens is 492 g/mol. The number of ketones is 1. The minimum Gasteiger partial charge on any atom is -0.493 e. The summed E-state index contributed by atoms with van der Waals surface area (Å²) in [4.78, 5) is 40.4. The fraction of sp³-hybridized carbons (Fsp3) is 0.393. The largest absolute Gasteiger partial charge is 0.493 e. The zero-order chi connectivity index (χ0) is 27.4. The molecule has 0 aromatic heterocycles. The number of ether oxygens (including phenoxy) is 2. The Morgan fingerprint density at radius 2 is 1.84 bits per heavy atom. The Morgan fingerprint density at radius 1 is 1.11 bits per heavy atom. The molecule has 2 aromatic rings. The van der Waals surface area contributed by atoms with Crippen molar-refractivity contribution < 1.29 is 39.2 Å². The number of nitrogens with one attached hydrogen (secondary N) is 1. The van der Waals surface area contributed by atoms with E-state index in [0.29, 0.717) is 22.6 Å². The van der Waals surface area contributed by atoms with Crippen LogP contribution in [0.4, 0.5) is 0 Å². The third-order valence-corrected chi connectivity index (χ3v) is 6.87. The molecule has 38 heavy (non-hydrogen) atoms. The highest BCUT2D eigenvalue weighted by molar-refractivity contribution is 6.36. The summed E-state index contributed by atoms with van der Waals surface area (Å²) >= 11 is 0. The van der Waals surface area contributed by atoms with Gasteiger partial charge in [-0.05, 0) is 29.3 Å². The van der Waals surface area contributed by atoms with E-state index in [0.717, 1.165) is 5.56 Å². The van der Waals surface area contributed by atoms with Crippen LogP contribution < -0.4 is 14.8 Å². The van der Waals surface area contributed by atoms with E-state index in [4.69, 9.17) is 9.47 Å². The fourth-order valence-electron chi connectivity index (χ4n) is 5.02. The Hall–Kier alpha value is -3.73. The van der Waals surface area contributed by atoms with Crippen LogP contribution in [0.15, 0.2) is 54.1 Å². The van der Waals surface area contributed by atoms with Crippen LogP contribution in [0.3, 0.4) is 0 Å². The van der Waals surface area contributed by atoms with Gasteiger partial charge in [-0.1, -0.05) is 37.3 Å². The van der Waals surface area contributed by atoms with Gasteiger partial charge in [-0.15, -0.1) is 0 Å². The van der Waals surface area contributed by atoms with E-state index in [1.165, 1.54) is 18.1 Å². The first-order chi connectivity index (χ1) is 18.3. The molecule has 0 fully saturated rings. The summed E-state index contributed by atoms with van der Waals surface area (Å²) in [5.41, 5.74) is 2.03. The maximum Gasteiger partial charge on any atom is 0.290 e. The Bertz CT molecular complexity index is 1230. The summed E-state index contributed by atoms with van der Waals surface area (Å²) in [6.07, 6.45) is -0.809. The Balaban J connectivity index is 1.84. The first-order valence-corrected chi connectivity index (χ1v) is 12.5. The Kier molecular flexibility index (Phi) is 8.45. The molecule has 0 bridgehead atoms. The molecule has 0 saturated heterocycles. The molecule has 4 N–H and O–H groups in total. The van der Waals surface area contributed by atoms with E-state index in [9.17, 15) is 29.7 Å². The van der Waals surface area contributed by atoms with Gasteiger partial charge in [0.25, 0.3) is 5.91 Å². The summed E-state index contributed by atoms with van der Waals surface area (Å²) < 4.78 is 11.6. The van der Waals surface area contributed by atoms with Crippen LogP contribution in [0, 0.1) is 0 Å². The highest BCUT2D eigenvalue weighted by atomic mass is 16.5. The average Bonchev–Trinajstić information content (AvgIpc) is 3.34. The van der Waals surface area contributed by atoms with E-state index >= 15 is 0 Å². The second kappa shape index (κ2) is 11.8. The van der Waals surface area contributed by atoms with E-state index in [2.05, 4.69) is 5.32 Å². The summed E-state index contributed by atoms with van der Waals surface area (Å²) in [6, 6.07) is 11.3. The molecule has 0 saturated carbocycles. The lowest BCUT2D eigenvalue weighted by atomic mass is 9.77. The maximum atomic E-state index is 13.3. The number of amides is 2. The van der Waals surface area contributed by atoms with Crippen LogP contribution in [0.1, 0.15) is 36.0 Å². The number of nitrogens with zero attached hydrogens (tertiary/aromatic N) is 1. The standard InChI is InChI=1S/C28H32N2O8/c1-3-21(33)28(36)30(14-16-7-5-4-6-8-16)20-13-19(27(35)29-9-10-31)23-18-11-17(15-32)12-22(37-2)25(18)38-26(23)24(20)34/h4-8,11-13,20,23-24,26,31-32,34H,3,9-10,14-15H2,1-2H3,(H,29,35). The van der Waals surface area contributed by atoms with E-state index in [1.807, 2.05) is 6.07 Å². The number of rotatable bonds is 10. The third-order valence-electron chi connectivity index (χ3n) is 6.87. The number of methoxy groups -OCH3 is 1. The lowest BCUT2D eigenvalue weighted by Crippen LogP contribution is -2.56. The predicted molar refractivity (Wildman–Crippen MR) is 136 cm³/mol. The number of hydrogen-bond donors (Lipinski definition) is 4. The Labute approximate surface area is 220 Å². The molecule has 1 aliphatic heterocycles. The van der Waals surface area contributed by atoms with Gasteiger partial charge in [-0.2, -0.15) is 0 Å². The monoisotopic (exact) mass is 524 g/mol. The first-order valence-electron chi connectivity index (χ1n) is 12.5. The molecule has 4 atom stereocenters. The number of aliphatic hydroxyl groups excluding tert-OH is 3. The zero-order valence-corrected chi connectivity index (χ0v) is 21.3. The lowest BCUT2D eigenvalue weighted by Gasteiger charge is -2.40. The molecule has 1 heterocycles. The van der Waals surface area contributed by atoms with Crippen molar-refractivity contribution in [3.63, 3.8) is 0 Å². The summed E-state index contributed by atoms with van der Waals surface area (Å²) in [6.45, 7) is 1.05. The number of aliphatic hydroxyl groups is 3. The summed E-state index contributed by atoms with van der Waals surface area (Å²) in [5, 5.41) is 33.3. The second-order valence-corrected chi connectivity index (χ2v) is 9.21. The van der Waals surface area contributed by atoms with Crippen LogP contribution in [0.5, 0.6) is 11.5 Å². The van der Waals surface area contributed by atoms with Crippen LogP contribution in [-0.2, 0) is 27.5 Å². The van der Waals surface area contributed by atoms with Gasteiger partial charge in [-0.3, -0.25) is 14.4 Å². The average molecular weight is 525 g/mol. The predicted octanol–water partition coefficient (Wildman–Crippen LogP) is 0.818. The zero-order valence-electron chi connectivity index (χ0n) is 21.3. The van der Waals surface area contributed by atoms with Crippen molar-refractivity contribution in [1.82, 2.24) is 10.2 Å². The van der Waals surface area contributed by atoms with Gasteiger partial charge in [0, 0.05) is 30.6 Å². The fourth-order valence-corrected chi connectivity index (χ4v) is 5.02. The van der Waals surface area contributed by atoms with E-state index < -0.39 is 41.8 Å². The number of fused-ring (bicyclic) bond motifs is 3. The van der Waals surface area contributed by atoms with Gasteiger partial charge in [0.15, 0.2) is 11.5 Å². The molecule has 0 spiro atoms. The minimum atomic E-state index is -1.30. The molecule has 2 amide bonds. The third kappa shape index (κ3) is 5.15. The van der Waals surface area contributed by atoms with E-state index in [1.54, 1.807) is 43.3 Å². The number of hydrogen-bond acceptors (Lipinski definition) is 8. The highest BCUT2D eigenvalue weighted by Gasteiger charge is 2.51. The summed E-state index contributed by atoms with van der Waals surface area (Å²) in [5.74, 6) is -2.00. The smallest absolute Gasteiger partial charge is 0.290 e. The molecule has 4 rings (SSSR count). The van der Waals surface area contributed by atoms with Gasteiger partial charge in [-0.25, -0.2) is 0 Å². The topological polar surface area (TPSA) is 146 Å². The molecule has 4 unspecified atom stereocenters. The molecule has 202 valence electrons. The first kappa shape index (κ1) is 27.3. The van der Waals surface area contributed by atoms with Crippen LogP contribution in [0.2, 0.25) is 0 Å². The van der Waals surface area contributed by atoms with Crippen molar-refractivity contribution in [3.05, 3.63) is 70.8 Å². The van der Waals surface area contributed by atoms with Crippen molar-refractivity contribution in [2.24, 2.45) is 0 Å². The van der Waals surface area contributed by atoms with Gasteiger partial charge in [0.1, 0.15) is 12.2 Å². The van der Waals surface area contributed by atoms with Crippen LogP contribution in [0.25, 0.3) is 0 Å². The van der Waals surface area contributed by atoms with Crippen molar-refractivity contribution in [1.29, 1.82) is 0 Å². The SMILES string of the molecule is CCC(=O)C(=O)N(Cc1ccccc1)C1C=C(C(=O)NCCO)C2c3cc(CO)cc(OC)c3OC2C1O. The van der Waals surface area contributed by atoms with Gasteiger partial charge < -0.3 is 35.0 Å². The van der Waals surface area contributed by atoms with E-state index in [-0.39, 0.29) is 38.3 Å². The second-order valence-electron chi connectivity index (χ2n) is 9.21. The highest BCUT2D eigenvalue weighted by Crippen LogP contribution is 2.51. The van der Waals surface area contributed by atoms with Gasteiger partial charge in [0.05, 0.1) is 32.3 Å². The lowest BCUT2D eigenvalue weighted by molar-refractivity contribution is -0.148. The number of carbonyl (C=O) groups excluding carboxylic acids is 3. The van der Waals surface area contributed by atoms with Gasteiger partial charge >= 0.3 is 0 Å². The van der Waals surface area contributed by atoms with Crippen LogP contribution >= 0.6 is 0 Å². The van der Waals surface area contributed by atoms with Crippen LogP contribution in [-0.4, -0.2) is 76.3 Å². The van der Waals surface area contributed by atoms with Crippen molar-refractivity contribution in [3.8, 4) is 11.5 Å². The van der Waals surface area contributed by atoms with Gasteiger partial charge in [0.2, 0.25) is 11.7 Å². The maximum absolute atomic E-state index is 13.3. The molecule has 2 aromatic carbocycles.